The van der Waals surface area contributed by atoms with Crippen molar-refractivity contribution < 1.29 is 45.5 Å². The van der Waals surface area contributed by atoms with Gasteiger partial charge >= 0.3 is 11.9 Å². The number of nitrogens with zero attached hydrogens (tertiary/aromatic N) is 1. The van der Waals surface area contributed by atoms with Gasteiger partial charge in [-0.2, -0.15) is 0 Å². The number of guanidine groups is 1. The molecule has 1 aromatic rings. The van der Waals surface area contributed by atoms with E-state index < -0.39 is 84.5 Å². The van der Waals surface area contributed by atoms with Crippen LogP contribution < -0.4 is 49.9 Å². The Kier molecular flexibility index (Phi) is 18.1. The molecule has 4 amide bonds. The number of hydrogen-bond donors (Lipinski definition) is 12. The van der Waals surface area contributed by atoms with Crippen molar-refractivity contribution in [3.05, 3.63) is 29.3 Å². The zero-order valence-electron chi connectivity index (χ0n) is 29.5. The Morgan fingerprint density at radius 1 is 0.882 bits per heavy atom. The average molecular weight is 740 g/mol. The largest absolute Gasteiger partial charge is 0.508 e. The molecule has 0 spiro atoms. The highest BCUT2D eigenvalue weighted by Crippen LogP contribution is 2.19. The first-order chi connectivity index (χ1) is 24.2. The molecule has 51 heavy (non-hydrogen) atoms. The smallest absolute Gasteiger partial charge is 0.326 e. The number of hydrogen-bond acceptors (Lipinski definition) is 11. The maximum atomic E-state index is 13.4. The van der Waals surface area contributed by atoms with Crippen molar-refractivity contribution in [1.29, 1.82) is 0 Å². The van der Waals surface area contributed by atoms with Gasteiger partial charge < -0.3 is 65.3 Å². The van der Waals surface area contributed by atoms with E-state index in [1.807, 2.05) is 0 Å². The molecule has 0 fully saturated rings. The van der Waals surface area contributed by atoms with Crippen LogP contribution >= 0.6 is 12.2 Å². The number of nitrogens with two attached hydrogens (primary N) is 5. The summed E-state index contributed by atoms with van der Waals surface area (Å²) in [5.74, 6) is -8.19. The standard InChI is InChI=1S/C31H50N10O9S/c1-15(2)24(29(48)40-22(30(49)50)12-16-8-9-17(42)13-18(16)25(34)51)41-28(47)21(14-23(43)44)39-27(46)20(7-3-4-10-32)38-26(45)19(33)6-5-11-37-31(35)36/h8-9,13,15,19-22,24,42H,3-7,10-12,14,32-33H2,1-2H3,(H2,34,51)(H,38,45)(H,39,46)(H,40,48)(H,41,47)(H,43,44)(H,49,50)(H4,35,36,37)/t19-,20-,21-,22-,24-/m0/s1/i22D. The number of amides is 4. The second-order valence-corrected chi connectivity index (χ2v) is 12.4. The van der Waals surface area contributed by atoms with Crippen molar-refractivity contribution in [2.24, 2.45) is 39.6 Å². The van der Waals surface area contributed by atoms with Crippen LogP contribution in [-0.4, -0.2) is 105 Å². The SMILES string of the molecule is [2H][C@@](Cc1ccc(O)cc1C(N)=S)(NC(=O)[C@@H](NC(=O)[C@H](CC(=O)O)NC(=O)[C@H](CCCCN)NC(=O)[C@@H](N)CCCN=C(N)N)C(C)C)C(=O)O. The lowest BCUT2D eigenvalue weighted by atomic mass is 9.98. The molecule has 0 bridgehead atoms. The highest BCUT2D eigenvalue weighted by Gasteiger charge is 2.34. The third kappa shape index (κ3) is 16.0. The third-order valence-corrected chi connectivity index (χ3v) is 7.62. The molecule has 0 radical (unpaired) electrons. The molecule has 19 nitrogen and oxygen atoms in total. The molecule has 17 N–H and O–H groups in total. The van der Waals surface area contributed by atoms with E-state index >= 15 is 0 Å². The van der Waals surface area contributed by atoms with Crippen molar-refractivity contribution in [2.45, 2.75) is 89.0 Å². The van der Waals surface area contributed by atoms with E-state index in [1.165, 1.54) is 32.0 Å². The summed E-state index contributed by atoms with van der Waals surface area (Å²) < 4.78 is 8.59. The summed E-state index contributed by atoms with van der Waals surface area (Å²) in [7, 11) is 0. The van der Waals surface area contributed by atoms with Gasteiger partial charge in [-0.3, -0.25) is 29.0 Å². The molecule has 0 heterocycles. The van der Waals surface area contributed by atoms with Gasteiger partial charge in [0.05, 0.1) is 13.8 Å². The number of rotatable bonds is 23. The van der Waals surface area contributed by atoms with Crippen LogP contribution in [0.5, 0.6) is 5.75 Å². The highest BCUT2D eigenvalue weighted by atomic mass is 32.1. The summed E-state index contributed by atoms with van der Waals surface area (Å²) in [4.78, 5) is 80.7. The van der Waals surface area contributed by atoms with Gasteiger partial charge in [-0.25, -0.2) is 4.79 Å². The number of benzene rings is 1. The van der Waals surface area contributed by atoms with Crippen LogP contribution in [0.3, 0.4) is 0 Å². The fourth-order valence-electron chi connectivity index (χ4n) is 4.67. The summed E-state index contributed by atoms with van der Waals surface area (Å²) in [6, 6.07) is -4.61. The van der Waals surface area contributed by atoms with E-state index in [-0.39, 0.29) is 53.8 Å². The Balaban J connectivity index is 3.23. The zero-order valence-corrected chi connectivity index (χ0v) is 29.3. The molecule has 20 heteroatoms. The number of phenolic OH excluding ortho intramolecular Hbond substituents is 1. The minimum Gasteiger partial charge on any atom is -0.508 e. The Labute approximate surface area is 301 Å². The van der Waals surface area contributed by atoms with E-state index in [9.17, 15) is 44.1 Å². The van der Waals surface area contributed by atoms with Gasteiger partial charge in [-0.05, 0) is 62.3 Å². The molecule has 284 valence electrons. The van der Waals surface area contributed by atoms with Gasteiger partial charge in [0.2, 0.25) is 23.6 Å². The second-order valence-electron chi connectivity index (χ2n) is 11.9. The normalized spacial score (nSPS) is 14.7. The van der Waals surface area contributed by atoms with Gasteiger partial charge in [0.1, 0.15) is 34.9 Å². The molecule has 0 aliphatic carbocycles. The van der Waals surface area contributed by atoms with E-state index in [0.29, 0.717) is 19.3 Å². The number of phenols is 1. The highest BCUT2D eigenvalue weighted by molar-refractivity contribution is 7.80. The summed E-state index contributed by atoms with van der Waals surface area (Å²) in [5.41, 5.74) is 28.0. The third-order valence-electron chi connectivity index (χ3n) is 7.40. The van der Waals surface area contributed by atoms with Crippen LogP contribution in [0, 0.1) is 5.92 Å². The topological polar surface area (TPSA) is 354 Å². The molecule has 5 atom stereocenters. The van der Waals surface area contributed by atoms with E-state index in [0.717, 1.165) is 0 Å². The van der Waals surface area contributed by atoms with Crippen LogP contribution in [0.25, 0.3) is 0 Å². The van der Waals surface area contributed by atoms with Crippen LogP contribution in [0.2, 0.25) is 0 Å². The number of aliphatic carboxylic acids is 2. The fraction of sp³-hybridized carbons (Fsp3) is 0.548. The van der Waals surface area contributed by atoms with E-state index in [4.69, 9.17) is 42.3 Å². The number of carboxylic acid groups (broad SMARTS) is 2. The Morgan fingerprint density at radius 3 is 2.06 bits per heavy atom. The molecule has 1 aromatic carbocycles. The lowest BCUT2D eigenvalue weighted by Crippen LogP contribution is -2.59. The first-order valence-electron chi connectivity index (χ1n) is 16.5. The van der Waals surface area contributed by atoms with Gasteiger partial charge in [0.15, 0.2) is 5.96 Å². The predicted octanol–water partition coefficient (Wildman–Crippen LogP) is -2.77. The number of thiocarbonyl (C=S) groups is 1. The van der Waals surface area contributed by atoms with Crippen molar-refractivity contribution in [1.82, 2.24) is 21.3 Å². The zero-order chi connectivity index (χ0) is 39.8. The summed E-state index contributed by atoms with van der Waals surface area (Å²) in [6.07, 6.45) is -0.148. The summed E-state index contributed by atoms with van der Waals surface area (Å²) in [6.45, 7) is 3.49. The van der Waals surface area contributed by atoms with Crippen molar-refractivity contribution >= 4 is 58.7 Å². The minimum absolute atomic E-state index is 0.0618. The van der Waals surface area contributed by atoms with Gasteiger partial charge in [-0.1, -0.05) is 32.1 Å². The molecule has 0 aliphatic rings. The quantitative estimate of drug-likeness (QED) is 0.0234. The number of carbonyl (C=O) groups excluding carboxylic acids is 4. The van der Waals surface area contributed by atoms with Crippen LogP contribution in [0.4, 0.5) is 0 Å². The molecule has 0 saturated carbocycles. The maximum absolute atomic E-state index is 13.4. The number of aliphatic imine (C=N–C) groups is 1. The Morgan fingerprint density at radius 2 is 1.51 bits per heavy atom. The Bertz CT molecular complexity index is 1490. The van der Waals surface area contributed by atoms with Gasteiger partial charge in [-0.15, -0.1) is 0 Å². The molecule has 0 aliphatic heterocycles. The van der Waals surface area contributed by atoms with E-state index in [1.54, 1.807) is 0 Å². The van der Waals surface area contributed by atoms with Crippen LogP contribution in [0.1, 0.15) is 64.9 Å². The summed E-state index contributed by atoms with van der Waals surface area (Å²) in [5, 5.41) is 38.6. The molecular formula is C31H50N10O9S. The molecule has 0 aromatic heterocycles. The van der Waals surface area contributed by atoms with Crippen molar-refractivity contribution in [2.75, 3.05) is 13.1 Å². The van der Waals surface area contributed by atoms with Crippen LogP contribution in [-0.2, 0) is 35.2 Å². The number of carbonyl (C=O) groups is 6. The van der Waals surface area contributed by atoms with Crippen LogP contribution in [0.15, 0.2) is 23.2 Å². The number of unbranched alkanes of at least 4 members (excludes halogenated alkanes) is 1. The monoisotopic (exact) mass is 739 g/mol. The first-order valence-corrected chi connectivity index (χ1v) is 16.4. The van der Waals surface area contributed by atoms with Gasteiger partial charge in [0.25, 0.3) is 0 Å². The second kappa shape index (κ2) is 21.9. The maximum Gasteiger partial charge on any atom is 0.326 e. The van der Waals surface area contributed by atoms with Crippen molar-refractivity contribution in [3.8, 4) is 5.75 Å². The number of aromatic hydroxyl groups is 1. The summed E-state index contributed by atoms with van der Waals surface area (Å²) >= 11 is 4.97. The Hall–Kier alpha value is -5.08. The predicted molar refractivity (Wildman–Crippen MR) is 191 cm³/mol. The average Bonchev–Trinajstić information content (AvgIpc) is 3.04. The van der Waals surface area contributed by atoms with Crippen molar-refractivity contribution in [3.63, 3.8) is 0 Å². The van der Waals surface area contributed by atoms with E-state index in [2.05, 4.69) is 26.3 Å². The number of nitrogens with one attached hydrogen (secondary N) is 4. The minimum atomic E-state index is -2.72. The van der Waals surface area contributed by atoms with Gasteiger partial charge in [0, 0.05) is 18.5 Å². The molecule has 0 unspecified atom stereocenters. The lowest BCUT2D eigenvalue weighted by Gasteiger charge is -2.27. The lowest BCUT2D eigenvalue weighted by molar-refractivity contribution is -0.143. The molecule has 1 rings (SSSR count). The molecular weight excluding hydrogens is 688 g/mol. The number of carboxylic acids is 2. The fourth-order valence-corrected chi connectivity index (χ4v) is 4.86. The first kappa shape index (κ1) is 42.1. The molecule has 0 saturated heterocycles.